The van der Waals surface area contributed by atoms with Crippen LogP contribution >= 0.6 is 34.5 Å². The molecule has 0 atom stereocenters. The molecule has 0 spiro atoms. The van der Waals surface area contributed by atoms with Crippen LogP contribution < -0.4 is 4.90 Å². The molecular weight excluding hydrogens is 455 g/mol. The zero-order valence-corrected chi connectivity index (χ0v) is 19.5. The third-order valence-electron chi connectivity index (χ3n) is 4.38. The molecule has 3 rings (SSSR count). The van der Waals surface area contributed by atoms with Gasteiger partial charge in [0.05, 0.1) is 21.4 Å². The molecule has 0 fully saturated rings. The summed E-state index contributed by atoms with van der Waals surface area (Å²) in [7, 11) is 0. The van der Waals surface area contributed by atoms with Gasteiger partial charge in [0.1, 0.15) is 6.61 Å². The number of halogens is 2. The van der Waals surface area contributed by atoms with Gasteiger partial charge in [-0.3, -0.25) is 9.69 Å². The molecule has 0 aliphatic carbocycles. The van der Waals surface area contributed by atoms with Gasteiger partial charge in [0, 0.05) is 18.4 Å². The van der Waals surface area contributed by atoms with E-state index in [1.165, 1.54) is 24.3 Å². The van der Waals surface area contributed by atoms with Crippen molar-refractivity contribution in [3.05, 3.63) is 80.3 Å². The number of aromatic nitrogens is 1. The summed E-state index contributed by atoms with van der Waals surface area (Å²) < 4.78 is 5.26. The number of hydrogen-bond donors (Lipinski definition) is 0. The van der Waals surface area contributed by atoms with Gasteiger partial charge in [-0.2, -0.15) is 0 Å². The minimum absolute atomic E-state index is 0.0123. The Morgan fingerprint density at radius 3 is 2.68 bits per heavy atom. The maximum absolute atomic E-state index is 12.3. The Morgan fingerprint density at radius 1 is 1.19 bits per heavy atom. The van der Waals surface area contributed by atoms with Crippen molar-refractivity contribution in [2.45, 2.75) is 27.4 Å². The SMILES string of the molecule is CC(=O)N(c1nc(COC(=O)/C=C/c2cccc(Cl)c2Cl)cs1)c1ccc(C)cc1C. The topological polar surface area (TPSA) is 59.5 Å². The van der Waals surface area contributed by atoms with Crippen molar-refractivity contribution in [1.29, 1.82) is 0 Å². The zero-order valence-electron chi connectivity index (χ0n) is 17.2. The number of nitrogens with zero attached hydrogens (tertiary/aromatic N) is 2. The second kappa shape index (κ2) is 10.1. The van der Waals surface area contributed by atoms with E-state index < -0.39 is 5.97 Å². The summed E-state index contributed by atoms with van der Waals surface area (Å²) >= 11 is 13.4. The second-order valence-corrected chi connectivity index (χ2v) is 8.47. The highest BCUT2D eigenvalue weighted by molar-refractivity contribution is 7.14. The highest BCUT2D eigenvalue weighted by Crippen LogP contribution is 2.32. The molecule has 0 unspecified atom stereocenters. The number of benzene rings is 2. The van der Waals surface area contributed by atoms with Gasteiger partial charge in [-0.15, -0.1) is 11.3 Å². The monoisotopic (exact) mass is 474 g/mol. The molecule has 0 saturated carbocycles. The number of carbonyl (C=O) groups excluding carboxylic acids is 2. The fraction of sp³-hybridized carbons (Fsp3) is 0.174. The average molecular weight is 475 g/mol. The molecule has 160 valence electrons. The lowest BCUT2D eigenvalue weighted by atomic mass is 10.1. The first-order valence-corrected chi connectivity index (χ1v) is 11.0. The van der Waals surface area contributed by atoms with E-state index in [2.05, 4.69) is 4.98 Å². The third kappa shape index (κ3) is 5.73. The molecule has 0 saturated heterocycles. The molecule has 5 nitrogen and oxygen atoms in total. The van der Waals surface area contributed by atoms with Gasteiger partial charge in [0.25, 0.3) is 0 Å². The van der Waals surface area contributed by atoms with Crippen LogP contribution in [0.5, 0.6) is 0 Å². The number of thiazole rings is 1. The Bertz CT molecular complexity index is 1160. The van der Waals surface area contributed by atoms with Crippen LogP contribution in [0, 0.1) is 13.8 Å². The van der Waals surface area contributed by atoms with E-state index in [-0.39, 0.29) is 12.5 Å². The van der Waals surface area contributed by atoms with Crippen LogP contribution in [0.4, 0.5) is 10.8 Å². The van der Waals surface area contributed by atoms with Crippen LogP contribution in [0.3, 0.4) is 0 Å². The van der Waals surface area contributed by atoms with Crippen molar-refractivity contribution in [1.82, 2.24) is 4.98 Å². The van der Waals surface area contributed by atoms with E-state index in [0.29, 0.717) is 26.4 Å². The molecule has 0 N–H and O–H groups in total. The van der Waals surface area contributed by atoms with Gasteiger partial charge in [-0.05, 0) is 43.2 Å². The molecule has 8 heteroatoms. The summed E-state index contributed by atoms with van der Waals surface area (Å²) in [6, 6.07) is 11.0. The summed E-state index contributed by atoms with van der Waals surface area (Å²) in [6.45, 7) is 5.43. The van der Waals surface area contributed by atoms with E-state index in [1.54, 1.807) is 34.6 Å². The van der Waals surface area contributed by atoms with Crippen molar-refractivity contribution in [2.24, 2.45) is 0 Å². The van der Waals surface area contributed by atoms with Crippen molar-refractivity contribution in [3.63, 3.8) is 0 Å². The maximum atomic E-state index is 12.3. The lowest BCUT2D eigenvalue weighted by Gasteiger charge is -2.20. The first-order valence-electron chi connectivity index (χ1n) is 9.37. The smallest absolute Gasteiger partial charge is 0.331 e. The van der Waals surface area contributed by atoms with Crippen LogP contribution in [0.15, 0.2) is 47.9 Å². The van der Waals surface area contributed by atoms with Crippen molar-refractivity contribution in [2.75, 3.05) is 4.90 Å². The summed E-state index contributed by atoms with van der Waals surface area (Å²) in [6.07, 6.45) is 2.82. The van der Waals surface area contributed by atoms with Gasteiger partial charge in [0.15, 0.2) is 5.13 Å². The molecule has 0 aliphatic heterocycles. The Balaban J connectivity index is 1.68. The standard InChI is InChI=1S/C23H20Cl2N2O3S/c1-14-7-9-20(15(2)11-14)27(16(3)28)23-26-18(13-31-23)12-30-21(29)10-8-17-5-4-6-19(24)22(17)25/h4-11,13H,12H2,1-3H3/b10-8+. The molecule has 0 bridgehead atoms. The van der Waals surface area contributed by atoms with Gasteiger partial charge in [-0.1, -0.05) is 53.0 Å². The fourth-order valence-corrected chi connectivity index (χ4v) is 4.16. The summed E-state index contributed by atoms with van der Waals surface area (Å²) in [4.78, 5) is 30.4. The number of anilines is 2. The minimum atomic E-state index is -0.539. The molecule has 2 aromatic carbocycles. The fourth-order valence-electron chi connectivity index (χ4n) is 2.93. The lowest BCUT2D eigenvalue weighted by molar-refractivity contribution is -0.139. The van der Waals surface area contributed by atoms with E-state index in [1.807, 2.05) is 32.0 Å². The predicted molar refractivity (Wildman–Crippen MR) is 126 cm³/mol. The average Bonchev–Trinajstić information content (AvgIpc) is 3.17. The lowest BCUT2D eigenvalue weighted by Crippen LogP contribution is -2.23. The third-order valence-corrected chi connectivity index (χ3v) is 6.09. The molecule has 0 radical (unpaired) electrons. The van der Waals surface area contributed by atoms with E-state index in [0.717, 1.165) is 16.8 Å². The Morgan fingerprint density at radius 2 is 1.97 bits per heavy atom. The molecule has 1 aromatic heterocycles. The number of hydrogen-bond acceptors (Lipinski definition) is 5. The van der Waals surface area contributed by atoms with Crippen LogP contribution in [-0.2, 0) is 20.9 Å². The number of rotatable bonds is 6. The number of ether oxygens (including phenoxy) is 1. The van der Waals surface area contributed by atoms with Crippen molar-refractivity contribution < 1.29 is 14.3 Å². The summed E-state index contributed by atoms with van der Waals surface area (Å²) in [5, 5.41) is 3.06. The highest BCUT2D eigenvalue weighted by atomic mass is 35.5. The van der Waals surface area contributed by atoms with E-state index in [4.69, 9.17) is 27.9 Å². The predicted octanol–water partition coefficient (Wildman–Crippen LogP) is 6.51. The Hall–Kier alpha value is -2.67. The minimum Gasteiger partial charge on any atom is -0.456 e. The Labute approximate surface area is 194 Å². The zero-order chi connectivity index (χ0) is 22.5. The molecule has 31 heavy (non-hydrogen) atoms. The number of carbonyl (C=O) groups is 2. The highest BCUT2D eigenvalue weighted by Gasteiger charge is 2.20. The number of amides is 1. The number of esters is 1. The van der Waals surface area contributed by atoms with Crippen LogP contribution in [0.2, 0.25) is 10.0 Å². The molecule has 3 aromatic rings. The Kier molecular flexibility index (Phi) is 7.49. The molecule has 0 aliphatic rings. The van der Waals surface area contributed by atoms with Crippen molar-refractivity contribution in [3.8, 4) is 0 Å². The van der Waals surface area contributed by atoms with Gasteiger partial charge in [-0.25, -0.2) is 9.78 Å². The van der Waals surface area contributed by atoms with Gasteiger partial charge >= 0.3 is 5.97 Å². The van der Waals surface area contributed by atoms with Gasteiger partial charge in [0.2, 0.25) is 5.91 Å². The van der Waals surface area contributed by atoms with E-state index in [9.17, 15) is 9.59 Å². The number of aryl methyl sites for hydroxylation is 2. The first kappa shape index (κ1) is 23.0. The molecular formula is C23H20Cl2N2O3S. The van der Waals surface area contributed by atoms with Gasteiger partial charge < -0.3 is 4.74 Å². The summed E-state index contributed by atoms with van der Waals surface area (Å²) in [5.74, 6) is -0.686. The maximum Gasteiger partial charge on any atom is 0.331 e. The largest absolute Gasteiger partial charge is 0.456 e. The first-order chi connectivity index (χ1) is 14.8. The van der Waals surface area contributed by atoms with Crippen LogP contribution in [0.1, 0.15) is 29.3 Å². The van der Waals surface area contributed by atoms with Crippen LogP contribution in [0.25, 0.3) is 6.08 Å². The normalized spacial score (nSPS) is 11.0. The molecule has 1 amide bonds. The quantitative estimate of drug-likeness (QED) is 0.301. The second-order valence-electron chi connectivity index (χ2n) is 6.85. The van der Waals surface area contributed by atoms with E-state index >= 15 is 0 Å². The summed E-state index contributed by atoms with van der Waals surface area (Å²) in [5.41, 5.74) is 4.04. The molecule has 1 heterocycles. The van der Waals surface area contributed by atoms with Crippen LogP contribution in [-0.4, -0.2) is 16.9 Å². The van der Waals surface area contributed by atoms with Crippen molar-refractivity contribution >= 4 is 63.3 Å².